The molecule has 2 nitrogen and oxygen atoms in total. The van der Waals surface area contributed by atoms with Crippen LogP contribution >= 0.6 is 34.2 Å². The fourth-order valence-electron chi connectivity index (χ4n) is 2.86. The normalized spacial score (nSPS) is 61.0. The molecule has 3 rings (SSSR count). The van der Waals surface area contributed by atoms with Gasteiger partial charge in [0, 0.05) is 5.92 Å². The van der Waals surface area contributed by atoms with E-state index in [1.165, 1.54) is 0 Å². The largest absolute Gasteiger partial charge is 0.460 e. The Morgan fingerprint density at radius 1 is 1.67 bits per heavy atom. The molecule has 4 heteroatoms. The number of alkyl halides is 2. The number of rotatable bonds is 0. The molecule has 0 aromatic carbocycles. The van der Waals surface area contributed by atoms with Gasteiger partial charge in [0.15, 0.2) is 0 Å². The van der Waals surface area contributed by atoms with E-state index in [4.69, 9.17) is 16.3 Å². The van der Waals surface area contributed by atoms with Crippen molar-refractivity contribution in [3.05, 3.63) is 0 Å². The van der Waals surface area contributed by atoms with Crippen molar-refractivity contribution >= 4 is 40.2 Å². The first-order chi connectivity index (χ1) is 5.63. The van der Waals surface area contributed by atoms with Crippen LogP contribution in [0.1, 0.15) is 12.8 Å². The maximum atomic E-state index is 11.4. The molecule has 1 heterocycles. The minimum Gasteiger partial charge on any atom is -0.460 e. The molecule has 2 aliphatic carbocycles. The van der Waals surface area contributed by atoms with Crippen molar-refractivity contribution in [3.8, 4) is 0 Å². The Kier molecular flexibility index (Phi) is 1.38. The number of ether oxygens (including phenoxy) is 1. The van der Waals surface area contributed by atoms with Gasteiger partial charge in [-0.2, -0.15) is 0 Å². The minimum atomic E-state index is -0.628. The lowest BCUT2D eigenvalue weighted by molar-refractivity contribution is -0.142. The van der Waals surface area contributed by atoms with Crippen molar-refractivity contribution in [2.45, 2.75) is 27.7 Å². The first kappa shape index (κ1) is 7.85. The highest BCUT2D eigenvalue weighted by atomic mass is 127. The molecule has 2 bridgehead atoms. The third-order valence-electron chi connectivity index (χ3n) is 3.45. The predicted molar refractivity (Wildman–Crippen MR) is 52.5 cm³/mol. The molecule has 12 heavy (non-hydrogen) atoms. The Balaban J connectivity index is 2.09. The van der Waals surface area contributed by atoms with Gasteiger partial charge in [-0.1, -0.05) is 22.6 Å². The summed E-state index contributed by atoms with van der Waals surface area (Å²) in [4.78, 5) is 10.8. The second-order valence-electron chi connectivity index (χ2n) is 3.98. The van der Waals surface area contributed by atoms with Crippen LogP contribution in [0.2, 0.25) is 0 Å². The molecule has 3 aliphatic rings. The van der Waals surface area contributed by atoms with Crippen LogP contribution < -0.4 is 0 Å². The van der Waals surface area contributed by atoms with Crippen LogP contribution in [0.25, 0.3) is 0 Å². The first-order valence-corrected chi connectivity index (χ1v) is 5.79. The number of halogens is 2. The molecular weight excluding hydrogens is 290 g/mol. The maximum absolute atomic E-state index is 11.4. The van der Waals surface area contributed by atoms with Gasteiger partial charge in [-0.15, -0.1) is 11.6 Å². The molecular formula is C8H8ClIO2. The second kappa shape index (κ2) is 2.11. The Hall–Kier alpha value is 0.490. The quantitative estimate of drug-likeness (QED) is 0.387. The van der Waals surface area contributed by atoms with Crippen LogP contribution in [-0.4, -0.2) is 20.9 Å². The third-order valence-corrected chi connectivity index (χ3v) is 5.76. The molecule has 0 N–H and O–H groups in total. The van der Waals surface area contributed by atoms with Crippen molar-refractivity contribution < 1.29 is 9.53 Å². The summed E-state index contributed by atoms with van der Waals surface area (Å²) in [5, 5.41) is 0. The molecule has 5 atom stereocenters. The van der Waals surface area contributed by atoms with E-state index in [0.717, 1.165) is 12.8 Å². The first-order valence-electron chi connectivity index (χ1n) is 4.17. The molecule has 0 aromatic rings. The highest BCUT2D eigenvalue weighted by Crippen LogP contribution is 2.61. The number of carbonyl (C=O) groups excluding carboxylic acids is 1. The van der Waals surface area contributed by atoms with Crippen LogP contribution in [0, 0.1) is 11.8 Å². The van der Waals surface area contributed by atoms with Crippen molar-refractivity contribution in [2.24, 2.45) is 11.8 Å². The number of esters is 1. The van der Waals surface area contributed by atoms with Gasteiger partial charge in [-0.25, -0.2) is 0 Å². The zero-order valence-electron chi connectivity index (χ0n) is 6.30. The van der Waals surface area contributed by atoms with E-state index in [1.807, 2.05) is 0 Å². The van der Waals surface area contributed by atoms with Gasteiger partial charge in [0.2, 0.25) is 0 Å². The van der Waals surface area contributed by atoms with E-state index in [0.29, 0.717) is 15.8 Å². The molecule has 0 spiro atoms. The van der Waals surface area contributed by atoms with E-state index in [1.54, 1.807) is 0 Å². The van der Waals surface area contributed by atoms with Gasteiger partial charge in [-0.05, 0) is 18.8 Å². The molecule has 66 valence electrons. The van der Waals surface area contributed by atoms with Crippen molar-refractivity contribution in [1.82, 2.24) is 0 Å². The summed E-state index contributed by atoms with van der Waals surface area (Å²) < 4.78 is 5.78. The summed E-state index contributed by atoms with van der Waals surface area (Å²) in [6.45, 7) is 0. The Bertz CT molecular complexity index is 270. The zero-order chi connectivity index (χ0) is 8.51. The summed E-state index contributed by atoms with van der Waals surface area (Å²) in [5.41, 5.74) is 0. The Morgan fingerprint density at radius 3 is 3.00 bits per heavy atom. The number of hydrogen-bond acceptors (Lipinski definition) is 2. The average Bonchev–Trinajstić information content (AvgIpc) is 2.53. The van der Waals surface area contributed by atoms with Gasteiger partial charge in [0.05, 0.1) is 3.92 Å². The van der Waals surface area contributed by atoms with Crippen molar-refractivity contribution in [2.75, 3.05) is 0 Å². The van der Waals surface area contributed by atoms with Gasteiger partial charge in [0.25, 0.3) is 0 Å². The summed E-state index contributed by atoms with van der Waals surface area (Å²) in [5.74, 6) is 0.754. The van der Waals surface area contributed by atoms with E-state index < -0.39 is 4.87 Å². The number of fused-ring (bicyclic) bond motifs is 1. The summed E-state index contributed by atoms with van der Waals surface area (Å²) in [6.07, 6.45) is 2.05. The van der Waals surface area contributed by atoms with Gasteiger partial charge >= 0.3 is 5.97 Å². The van der Waals surface area contributed by atoms with E-state index in [9.17, 15) is 4.79 Å². The second-order valence-corrected chi connectivity index (χ2v) is 6.10. The van der Waals surface area contributed by atoms with Crippen LogP contribution in [0.15, 0.2) is 0 Å². The minimum absolute atomic E-state index is 0.120. The topological polar surface area (TPSA) is 26.3 Å². The van der Waals surface area contributed by atoms with Crippen molar-refractivity contribution in [3.63, 3.8) is 0 Å². The van der Waals surface area contributed by atoms with E-state index in [2.05, 4.69) is 22.6 Å². The van der Waals surface area contributed by atoms with Gasteiger partial charge < -0.3 is 4.74 Å². The summed E-state index contributed by atoms with van der Waals surface area (Å²) in [7, 11) is 0. The average molecular weight is 299 g/mol. The van der Waals surface area contributed by atoms with Crippen LogP contribution in [0.3, 0.4) is 0 Å². The smallest absolute Gasteiger partial charge is 0.327 e. The van der Waals surface area contributed by atoms with Gasteiger partial charge in [0.1, 0.15) is 11.0 Å². The van der Waals surface area contributed by atoms with Crippen LogP contribution in [-0.2, 0) is 9.53 Å². The van der Waals surface area contributed by atoms with Crippen molar-refractivity contribution in [1.29, 1.82) is 0 Å². The number of carbonyl (C=O) groups is 1. The summed E-state index contributed by atoms with van der Waals surface area (Å²) >= 11 is 8.63. The predicted octanol–water partition coefficient (Wildman–Crippen LogP) is 1.73. The summed E-state index contributed by atoms with van der Waals surface area (Å²) in [6, 6.07) is 0. The standard InChI is InChI=1S/C8H8ClIO2/c9-8-2-3-1-4(8)6(5(3)10)12-7(8)11/h3-6H,1-2H2/t3-,4+,5-,6-,8-/m0/s1. The maximum Gasteiger partial charge on any atom is 0.327 e. The molecule has 0 aromatic heterocycles. The molecule has 3 fully saturated rings. The Morgan fingerprint density at radius 2 is 2.42 bits per heavy atom. The monoisotopic (exact) mass is 298 g/mol. The fourth-order valence-corrected chi connectivity index (χ4v) is 4.51. The lowest BCUT2D eigenvalue weighted by Crippen LogP contribution is -2.36. The lowest BCUT2D eigenvalue weighted by Gasteiger charge is -2.24. The van der Waals surface area contributed by atoms with E-state index >= 15 is 0 Å². The number of hydrogen-bond donors (Lipinski definition) is 0. The zero-order valence-corrected chi connectivity index (χ0v) is 9.21. The molecule has 0 radical (unpaired) electrons. The fraction of sp³-hybridized carbons (Fsp3) is 0.875. The lowest BCUT2D eigenvalue weighted by atomic mass is 9.89. The molecule has 1 aliphatic heterocycles. The molecule has 1 saturated heterocycles. The highest BCUT2D eigenvalue weighted by Gasteiger charge is 2.69. The SMILES string of the molecule is O=C1O[C@@H]2[C@@H](I)[C@H]3C[C@H]2[C@@]1(Cl)C3. The van der Waals surface area contributed by atoms with E-state index in [-0.39, 0.29) is 12.1 Å². The highest BCUT2D eigenvalue weighted by molar-refractivity contribution is 14.1. The Labute approximate surface area is 89.1 Å². The molecule has 0 amide bonds. The van der Waals surface area contributed by atoms with Crippen LogP contribution in [0.5, 0.6) is 0 Å². The molecule has 0 unspecified atom stereocenters. The van der Waals surface area contributed by atoms with Crippen LogP contribution in [0.4, 0.5) is 0 Å². The van der Waals surface area contributed by atoms with Gasteiger partial charge in [-0.3, -0.25) is 4.79 Å². The molecule has 2 saturated carbocycles. The third kappa shape index (κ3) is 0.672.